The molecule has 5 heteroatoms. The molecule has 1 aliphatic rings. The maximum Gasteiger partial charge on any atom is 0.307 e. The van der Waals surface area contributed by atoms with Gasteiger partial charge < -0.3 is 15.2 Å². The first-order valence-corrected chi connectivity index (χ1v) is 10.0. The summed E-state index contributed by atoms with van der Waals surface area (Å²) in [5.41, 5.74) is 11.3. The third kappa shape index (κ3) is 3.20. The molecule has 0 radical (unpaired) electrons. The van der Waals surface area contributed by atoms with Crippen molar-refractivity contribution in [2.24, 2.45) is 0 Å². The molecule has 1 aliphatic heterocycles. The lowest BCUT2D eigenvalue weighted by atomic mass is 9.81. The lowest BCUT2D eigenvalue weighted by Crippen LogP contribution is -2.16. The summed E-state index contributed by atoms with van der Waals surface area (Å²) in [5, 5.41) is 13.1. The van der Waals surface area contributed by atoms with Gasteiger partial charge in [-0.15, -0.1) is 0 Å². The molecular formula is C25H26N2O3. The van der Waals surface area contributed by atoms with E-state index in [1.165, 1.54) is 5.56 Å². The molecule has 0 unspecified atom stereocenters. The maximum absolute atomic E-state index is 11.7. The molecule has 0 atom stereocenters. The number of hydrogen-bond acceptors (Lipinski definition) is 4. The highest BCUT2D eigenvalue weighted by Gasteiger charge is 2.28. The molecule has 1 aromatic heterocycles. The molecule has 3 aromatic rings. The molecule has 154 valence electrons. The summed E-state index contributed by atoms with van der Waals surface area (Å²) >= 11 is 0. The number of aryl methyl sites for hydroxylation is 2. The van der Waals surface area contributed by atoms with Crippen LogP contribution in [0.15, 0.2) is 30.5 Å². The monoisotopic (exact) mass is 402 g/mol. The van der Waals surface area contributed by atoms with Crippen molar-refractivity contribution < 1.29 is 14.6 Å². The van der Waals surface area contributed by atoms with Crippen molar-refractivity contribution >= 4 is 11.7 Å². The summed E-state index contributed by atoms with van der Waals surface area (Å²) in [7, 11) is 1.64. The lowest BCUT2D eigenvalue weighted by molar-refractivity contribution is -0.136. The van der Waals surface area contributed by atoms with E-state index in [1.54, 1.807) is 13.3 Å². The number of anilines is 1. The van der Waals surface area contributed by atoms with E-state index >= 15 is 0 Å². The van der Waals surface area contributed by atoms with E-state index in [0.717, 1.165) is 61.6 Å². The highest BCUT2D eigenvalue weighted by atomic mass is 16.5. The number of nitrogens with one attached hydrogen (secondary N) is 1. The summed E-state index contributed by atoms with van der Waals surface area (Å²) in [6.07, 6.45) is 1.72. The number of rotatable bonds is 4. The third-order valence-electron chi connectivity index (χ3n) is 5.98. The fourth-order valence-electron chi connectivity index (χ4n) is 4.56. The number of nitrogens with zero attached hydrogens (tertiary/aromatic N) is 1. The van der Waals surface area contributed by atoms with E-state index in [4.69, 9.17) is 9.72 Å². The van der Waals surface area contributed by atoms with Gasteiger partial charge in [-0.2, -0.15) is 0 Å². The van der Waals surface area contributed by atoms with Gasteiger partial charge in [0.15, 0.2) is 0 Å². The normalized spacial score (nSPS) is 12.0. The van der Waals surface area contributed by atoms with Gasteiger partial charge in [-0.05, 0) is 67.1 Å². The standard InChI is InChI=1S/C25H26N2O3/c1-13-6-7-19(14(2)8-13)22-16(4)23-24(15(3)20(22)10-21(28)29)26-11-17-9-18(30-5)12-27-25(17)23/h6-9,12,26H,10-11H2,1-5H3,(H,28,29). The fraction of sp³-hybridized carbons (Fsp3) is 0.280. The van der Waals surface area contributed by atoms with Crippen molar-refractivity contribution in [3.63, 3.8) is 0 Å². The van der Waals surface area contributed by atoms with Crippen molar-refractivity contribution in [2.45, 2.75) is 40.7 Å². The number of carboxylic acids is 1. The van der Waals surface area contributed by atoms with E-state index in [2.05, 4.69) is 44.3 Å². The average Bonchev–Trinajstić information content (AvgIpc) is 2.71. The Hall–Kier alpha value is -3.34. The van der Waals surface area contributed by atoms with E-state index in [-0.39, 0.29) is 6.42 Å². The predicted molar refractivity (Wildman–Crippen MR) is 119 cm³/mol. The number of fused-ring (bicyclic) bond motifs is 3. The first kappa shape index (κ1) is 20.0. The van der Waals surface area contributed by atoms with E-state index in [9.17, 15) is 9.90 Å². The maximum atomic E-state index is 11.7. The number of pyridine rings is 1. The van der Waals surface area contributed by atoms with Crippen LogP contribution in [0.3, 0.4) is 0 Å². The smallest absolute Gasteiger partial charge is 0.307 e. The topological polar surface area (TPSA) is 71.5 Å². The van der Waals surface area contributed by atoms with Gasteiger partial charge >= 0.3 is 5.97 Å². The molecule has 4 rings (SSSR count). The summed E-state index contributed by atoms with van der Waals surface area (Å²) in [6.45, 7) is 8.85. The van der Waals surface area contributed by atoms with Crippen LogP contribution in [-0.4, -0.2) is 23.2 Å². The molecule has 2 aromatic carbocycles. The zero-order valence-corrected chi connectivity index (χ0v) is 18.0. The predicted octanol–water partition coefficient (Wildman–Crippen LogP) is 5.21. The van der Waals surface area contributed by atoms with E-state index in [0.29, 0.717) is 6.54 Å². The molecule has 30 heavy (non-hydrogen) atoms. The van der Waals surface area contributed by atoms with Crippen LogP contribution in [0.25, 0.3) is 22.4 Å². The van der Waals surface area contributed by atoms with Crippen LogP contribution in [0.4, 0.5) is 5.69 Å². The van der Waals surface area contributed by atoms with Crippen LogP contribution in [0.2, 0.25) is 0 Å². The average molecular weight is 402 g/mol. The number of carbonyl (C=O) groups is 1. The zero-order chi connectivity index (χ0) is 21.6. The van der Waals surface area contributed by atoms with Gasteiger partial charge in [0.1, 0.15) is 5.75 Å². The number of methoxy groups -OCH3 is 1. The fourth-order valence-corrected chi connectivity index (χ4v) is 4.56. The zero-order valence-electron chi connectivity index (χ0n) is 18.0. The highest BCUT2D eigenvalue weighted by Crippen LogP contribution is 2.46. The van der Waals surface area contributed by atoms with Crippen LogP contribution in [0.5, 0.6) is 5.75 Å². The summed E-state index contributed by atoms with van der Waals surface area (Å²) < 4.78 is 5.35. The van der Waals surface area contributed by atoms with Gasteiger partial charge in [0.05, 0.1) is 25.4 Å². The highest BCUT2D eigenvalue weighted by molar-refractivity contribution is 5.94. The quantitative estimate of drug-likeness (QED) is 0.627. The SMILES string of the molecule is COc1cnc2c(c1)CNc1c(C)c(CC(=O)O)c(-c3ccc(C)cc3C)c(C)c1-2. The van der Waals surface area contributed by atoms with Crippen LogP contribution in [-0.2, 0) is 17.8 Å². The van der Waals surface area contributed by atoms with Crippen molar-refractivity contribution in [1.82, 2.24) is 4.98 Å². The van der Waals surface area contributed by atoms with Crippen molar-refractivity contribution in [1.29, 1.82) is 0 Å². The molecule has 0 saturated carbocycles. The molecule has 0 fully saturated rings. The Bertz CT molecular complexity index is 1180. The number of ether oxygens (including phenoxy) is 1. The van der Waals surface area contributed by atoms with E-state index < -0.39 is 5.97 Å². The Balaban J connectivity index is 2.07. The van der Waals surface area contributed by atoms with Crippen LogP contribution >= 0.6 is 0 Å². The molecule has 0 bridgehead atoms. The second-order valence-corrected chi connectivity index (χ2v) is 7.98. The third-order valence-corrected chi connectivity index (χ3v) is 5.98. The number of benzene rings is 2. The minimum Gasteiger partial charge on any atom is -0.495 e. The van der Waals surface area contributed by atoms with Crippen LogP contribution in [0.1, 0.15) is 33.4 Å². The van der Waals surface area contributed by atoms with Crippen molar-refractivity contribution in [3.8, 4) is 28.1 Å². The number of carboxylic acid groups (broad SMARTS) is 1. The molecule has 0 aliphatic carbocycles. The summed E-state index contributed by atoms with van der Waals surface area (Å²) in [6, 6.07) is 8.33. The Morgan fingerprint density at radius 2 is 1.90 bits per heavy atom. The molecule has 2 N–H and O–H groups in total. The minimum absolute atomic E-state index is 0.0207. The van der Waals surface area contributed by atoms with Crippen LogP contribution < -0.4 is 10.1 Å². The largest absolute Gasteiger partial charge is 0.495 e. The Labute approximate surface area is 176 Å². The van der Waals surface area contributed by atoms with Gasteiger partial charge in [0.25, 0.3) is 0 Å². The Morgan fingerprint density at radius 1 is 1.13 bits per heavy atom. The molecule has 0 amide bonds. The van der Waals surface area contributed by atoms with Crippen molar-refractivity contribution in [2.75, 3.05) is 12.4 Å². The van der Waals surface area contributed by atoms with Gasteiger partial charge in [-0.1, -0.05) is 23.8 Å². The second-order valence-electron chi connectivity index (χ2n) is 7.98. The molecule has 2 heterocycles. The van der Waals surface area contributed by atoms with Crippen molar-refractivity contribution in [3.05, 3.63) is 63.8 Å². The number of hydrogen-bond donors (Lipinski definition) is 2. The first-order valence-electron chi connectivity index (χ1n) is 10.0. The Kier molecular flexibility index (Phi) is 4.98. The Morgan fingerprint density at radius 3 is 2.57 bits per heavy atom. The number of aromatic nitrogens is 1. The minimum atomic E-state index is -0.831. The van der Waals surface area contributed by atoms with Gasteiger partial charge in [0.2, 0.25) is 0 Å². The number of aliphatic carboxylic acids is 1. The van der Waals surface area contributed by atoms with Gasteiger partial charge in [-0.25, -0.2) is 0 Å². The lowest BCUT2D eigenvalue weighted by Gasteiger charge is -2.29. The molecule has 5 nitrogen and oxygen atoms in total. The molecule has 0 spiro atoms. The van der Waals surface area contributed by atoms with E-state index in [1.807, 2.05) is 13.0 Å². The second kappa shape index (κ2) is 7.48. The van der Waals surface area contributed by atoms with Gasteiger partial charge in [0, 0.05) is 23.4 Å². The molecule has 0 saturated heterocycles. The van der Waals surface area contributed by atoms with Crippen LogP contribution in [0, 0.1) is 27.7 Å². The molecular weight excluding hydrogens is 376 g/mol. The van der Waals surface area contributed by atoms with Gasteiger partial charge in [-0.3, -0.25) is 9.78 Å². The summed E-state index contributed by atoms with van der Waals surface area (Å²) in [4.78, 5) is 16.5. The first-order chi connectivity index (χ1) is 14.3. The summed E-state index contributed by atoms with van der Waals surface area (Å²) in [5.74, 6) is -0.104.